The average Bonchev–Trinajstić information content (AvgIpc) is 2.47. The average molecular weight is 322 g/mol. The van der Waals surface area contributed by atoms with E-state index >= 15 is 0 Å². The second-order valence-electron chi connectivity index (χ2n) is 4.31. The minimum atomic E-state index is -0.603. The van der Waals surface area contributed by atoms with E-state index in [9.17, 15) is 5.11 Å². The zero-order valence-electron chi connectivity index (χ0n) is 10.5. The fourth-order valence-electron chi connectivity index (χ4n) is 2.25. The SMILES string of the molecule is O[C@H](c1c[c-]ccc1)c1cccc2ccccc12.[Y]. The van der Waals surface area contributed by atoms with Gasteiger partial charge < -0.3 is 5.11 Å². The van der Waals surface area contributed by atoms with Crippen LogP contribution in [0.2, 0.25) is 0 Å². The summed E-state index contributed by atoms with van der Waals surface area (Å²) < 4.78 is 0. The van der Waals surface area contributed by atoms with Crippen molar-refractivity contribution in [2.75, 3.05) is 0 Å². The molecule has 0 aliphatic carbocycles. The summed E-state index contributed by atoms with van der Waals surface area (Å²) >= 11 is 0. The number of benzene rings is 3. The molecule has 0 bridgehead atoms. The molecule has 1 radical (unpaired) electrons. The van der Waals surface area contributed by atoms with Crippen molar-refractivity contribution in [2.45, 2.75) is 6.10 Å². The molecule has 0 saturated heterocycles. The topological polar surface area (TPSA) is 20.2 Å². The first-order valence-corrected chi connectivity index (χ1v) is 5.98. The molecule has 2 heteroatoms. The van der Waals surface area contributed by atoms with Crippen molar-refractivity contribution in [1.29, 1.82) is 0 Å². The maximum Gasteiger partial charge on any atom is 0.0608 e. The third-order valence-electron chi connectivity index (χ3n) is 3.16. The van der Waals surface area contributed by atoms with Gasteiger partial charge in [0.25, 0.3) is 0 Å². The van der Waals surface area contributed by atoms with Crippen molar-refractivity contribution in [3.63, 3.8) is 0 Å². The van der Waals surface area contributed by atoms with E-state index in [-0.39, 0.29) is 32.7 Å². The second-order valence-corrected chi connectivity index (χ2v) is 4.31. The second kappa shape index (κ2) is 6.43. The molecule has 1 atom stereocenters. The van der Waals surface area contributed by atoms with Crippen LogP contribution in [0.3, 0.4) is 0 Å². The Balaban J connectivity index is 0.00000133. The smallest absolute Gasteiger partial charge is 0.0608 e. The molecular formula is C17H13OY-. The van der Waals surface area contributed by atoms with E-state index in [2.05, 4.69) is 18.2 Å². The minimum Gasteiger partial charge on any atom is -0.396 e. The van der Waals surface area contributed by atoms with Crippen LogP contribution in [0.4, 0.5) is 0 Å². The summed E-state index contributed by atoms with van der Waals surface area (Å²) in [7, 11) is 0. The Kier molecular flexibility index (Phi) is 4.87. The maximum absolute atomic E-state index is 10.5. The van der Waals surface area contributed by atoms with Crippen molar-refractivity contribution in [3.8, 4) is 0 Å². The van der Waals surface area contributed by atoms with E-state index in [1.807, 2.05) is 54.6 Å². The van der Waals surface area contributed by atoms with Gasteiger partial charge in [-0.1, -0.05) is 42.5 Å². The van der Waals surface area contributed by atoms with Crippen LogP contribution in [0.1, 0.15) is 17.2 Å². The quantitative estimate of drug-likeness (QED) is 0.713. The summed E-state index contributed by atoms with van der Waals surface area (Å²) in [6.45, 7) is 0. The number of hydrogen-bond donors (Lipinski definition) is 1. The Labute approximate surface area is 138 Å². The maximum atomic E-state index is 10.5. The Hall–Kier alpha value is -1.02. The Morgan fingerprint density at radius 3 is 2.47 bits per heavy atom. The predicted octanol–water partition coefficient (Wildman–Crippen LogP) is 3.72. The molecule has 0 heterocycles. The molecule has 0 aromatic heterocycles. The zero-order valence-corrected chi connectivity index (χ0v) is 13.3. The molecular weight excluding hydrogens is 309 g/mol. The number of fused-ring (bicyclic) bond motifs is 1. The number of aliphatic hydroxyl groups is 1. The van der Waals surface area contributed by atoms with Crippen LogP contribution < -0.4 is 0 Å². The molecule has 19 heavy (non-hydrogen) atoms. The molecule has 91 valence electrons. The van der Waals surface area contributed by atoms with Crippen molar-refractivity contribution < 1.29 is 37.8 Å². The van der Waals surface area contributed by atoms with Gasteiger partial charge in [0.05, 0.1) is 6.10 Å². The summed E-state index contributed by atoms with van der Waals surface area (Å²) in [5, 5.41) is 12.7. The van der Waals surface area contributed by atoms with Crippen LogP contribution in [0.15, 0.2) is 66.7 Å². The molecule has 0 amide bonds. The van der Waals surface area contributed by atoms with Gasteiger partial charge in [0.2, 0.25) is 0 Å². The standard InChI is InChI=1S/C17H13O.Y/c18-17(14-8-2-1-3-9-14)16-12-6-10-13-7-4-5-11-15(13)16;/h1-2,4-12,17-18H;/q-1;/t17-;/m1./s1. The van der Waals surface area contributed by atoms with Gasteiger partial charge >= 0.3 is 0 Å². The monoisotopic (exact) mass is 322 g/mol. The van der Waals surface area contributed by atoms with Gasteiger partial charge in [-0.05, 0) is 16.3 Å². The van der Waals surface area contributed by atoms with Crippen LogP contribution in [0.5, 0.6) is 0 Å². The van der Waals surface area contributed by atoms with E-state index < -0.39 is 6.10 Å². The molecule has 0 aliphatic rings. The first-order valence-electron chi connectivity index (χ1n) is 5.98. The fraction of sp³-hybridized carbons (Fsp3) is 0.0588. The Bertz CT molecular complexity index is 659. The van der Waals surface area contributed by atoms with Crippen LogP contribution in [0.25, 0.3) is 10.8 Å². The van der Waals surface area contributed by atoms with Gasteiger partial charge in [0.15, 0.2) is 0 Å². The molecule has 3 rings (SSSR count). The number of hydrogen-bond acceptors (Lipinski definition) is 1. The summed E-state index contributed by atoms with van der Waals surface area (Å²) in [6.07, 6.45) is -0.603. The Morgan fingerprint density at radius 2 is 1.68 bits per heavy atom. The summed E-state index contributed by atoms with van der Waals surface area (Å²) in [5.74, 6) is 0. The van der Waals surface area contributed by atoms with E-state index in [1.54, 1.807) is 0 Å². The van der Waals surface area contributed by atoms with E-state index in [0.717, 1.165) is 21.9 Å². The summed E-state index contributed by atoms with van der Waals surface area (Å²) in [5.41, 5.74) is 1.81. The largest absolute Gasteiger partial charge is 0.396 e. The van der Waals surface area contributed by atoms with Crippen LogP contribution >= 0.6 is 0 Å². The molecule has 0 saturated carbocycles. The van der Waals surface area contributed by atoms with Crippen molar-refractivity contribution in [3.05, 3.63) is 83.9 Å². The zero-order chi connectivity index (χ0) is 12.4. The molecule has 0 aliphatic heterocycles. The van der Waals surface area contributed by atoms with Gasteiger partial charge in [-0.3, -0.25) is 0 Å². The van der Waals surface area contributed by atoms with Crippen LogP contribution in [0, 0.1) is 6.07 Å². The Morgan fingerprint density at radius 1 is 0.895 bits per heavy atom. The van der Waals surface area contributed by atoms with Crippen LogP contribution in [-0.4, -0.2) is 5.11 Å². The normalized spacial score (nSPS) is 11.8. The molecule has 1 nitrogen and oxygen atoms in total. The van der Waals surface area contributed by atoms with E-state index in [1.165, 1.54) is 0 Å². The van der Waals surface area contributed by atoms with Crippen molar-refractivity contribution in [1.82, 2.24) is 0 Å². The molecule has 1 N–H and O–H groups in total. The molecule has 0 unspecified atom stereocenters. The third kappa shape index (κ3) is 2.94. The summed E-state index contributed by atoms with van der Waals surface area (Å²) in [4.78, 5) is 0. The van der Waals surface area contributed by atoms with E-state index in [0.29, 0.717) is 0 Å². The van der Waals surface area contributed by atoms with Crippen LogP contribution in [-0.2, 0) is 32.7 Å². The van der Waals surface area contributed by atoms with Gasteiger partial charge in [-0.2, -0.15) is 30.3 Å². The fourth-order valence-corrected chi connectivity index (χ4v) is 2.25. The molecule has 3 aromatic rings. The number of rotatable bonds is 2. The third-order valence-corrected chi connectivity index (χ3v) is 3.16. The van der Waals surface area contributed by atoms with Gasteiger partial charge in [-0.15, -0.1) is 5.56 Å². The first kappa shape index (κ1) is 14.4. The summed E-state index contributed by atoms with van der Waals surface area (Å²) in [6, 6.07) is 24.6. The van der Waals surface area contributed by atoms with E-state index in [4.69, 9.17) is 0 Å². The van der Waals surface area contributed by atoms with Gasteiger partial charge in [-0.25, -0.2) is 0 Å². The molecule has 0 fully saturated rings. The molecule has 0 spiro atoms. The number of aliphatic hydroxyl groups excluding tert-OH is 1. The van der Waals surface area contributed by atoms with Crippen molar-refractivity contribution >= 4 is 10.8 Å². The first-order chi connectivity index (χ1) is 8.86. The van der Waals surface area contributed by atoms with Gasteiger partial charge in [0, 0.05) is 32.7 Å². The predicted molar refractivity (Wildman–Crippen MR) is 73.3 cm³/mol. The van der Waals surface area contributed by atoms with Gasteiger partial charge in [0.1, 0.15) is 0 Å². The van der Waals surface area contributed by atoms with Crippen molar-refractivity contribution in [2.24, 2.45) is 0 Å². The molecule has 3 aromatic carbocycles. The minimum absolute atomic E-state index is 0.